The Labute approximate surface area is 183 Å². The molecule has 1 N–H and O–H groups in total. The van der Waals surface area contributed by atoms with Crippen LogP contribution in [-0.2, 0) is 27.8 Å². The summed E-state index contributed by atoms with van der Waals surface area (Å²) in [5.74, 6) is -0.198. The molecule has 0 radical (unpaired) electrons. The van der Waals surface area contributed by atoms with Crippen molar-refractivity contribution in [3.63, 3.8) is 0 Å². The Bertz CT molecular complexity index is 1090. The Hall–Kier alpha value is -2.71. The summed E-state index contributed by atoms with van der Waals surface area (Å²) >= 11 is 0. The standard InChI is InChI=1S/C23H27N3O4S/c1-17(27)26-14-11-19-15-20(7-10-22(19)26)23(28)24-16-18-5-8-21(9-6-18)31(29,30)25-12-3-2-4-13-25/h5-10,15H,2-4,11-14,16H2,1H3,(H,24,28). The van der Waals surface area contributed by atoms with Crippen LogP contribution in [0, 0.1) is 0 Å². The van der Waals surface area contributed by atoms with Gasteiger partial charge >= 0.3 is 0 Å². The second kappa shape index (κ2) is 8.80. The zero-order valence-electron chi connectivity index (χ0n) is 17.6. The topological polar surface area (TPSA) is 86.8 Å². The highest BCUT2D eigenvalue weighted by atomic mass is 32.2. The van der Waals surface area contributed by atoms with Crippen molar-refractivity contribution in [2.45, 2.75) is 44.0 Å². The van der Waals surface area contributed by atoms with Crippen LogP contribution >= 0.6 is 0 Å². The molecule has 7 nitrogen and oxygen atoms in total. The van der Waals surface area contributed by atoms with Crippen molar-refractivity contribution in [1.29, 1.82) is 0 Å². The van der Waals surface area contributed by atoms with Crippen LogP contribution in [0.2, 0.25) is 0 Å². The van der Waals surface area contributed by atoms with Gasteiger partial charge in [0.2, 0.25) is 15.9 Å². The first-order chi connectivity index (χ1) is 14.9. The highest BCUT2D eigenvalue weighted by Crippen LogP contribution is 2.29. The van der Waals surface area contributed by atoms with E-state index in [1.165, 1.54) is 0 Å². The molecule has 31 heavy (non-hydrogen) atoms. The van der Waals surface area contributed by atoms with Gasteiger partial charge < -0.3 is 10.2 Å². The van der Waals surface area contributed by atoms with Crippen LogP contribution in [0.15, 0.2) is 47.4 Å². The molecular formula is C23H27N3O4S. The van der Waals surface area contributed by atoms with E-state index in [-0.39, 0.29) is 16.7 Å². The van der Waals surface area contributed by atoms with Crippen LogP contribution in [-0.4, -0.2) is 44.2 Å². The highest BCUT2D eigenvalue weighted by molar-refractivity contribution is 7.89. The molecular weight excluding hydrogens is 414 g/mol. The molecule has 4 rings (SSSR count). The first-order valence-electron chi connectivity index (χ1n) is 10.6. The molecule has 0 bridgehead atoms. The number of nitrogens with one attached hydrogen (secondary N) is 1. The summed E-state index contributed by atoms with van der Waals surface area (Å²) in [6.07, 6.45) is 3.62. The Morgan fingerprint density at radius 3 is 2.35 bits per heavy atom. The average Bonchev–Trinajstić information content (AvgIpc) is 3.22. The Balaban J connectivity index is 1.38. The summed E-state index contributed by atoms with van der Waals surface area (Å²) in [6.45, 7) is 3.64. The van der Waals surface area contributed by atoms with Gasteiger partial charge in [0.05, 0.1) is 4.90 Å². The van der Waals surface area contributed by atoms with Crippen molar-refractivity contribution in [1.82, 2.24) is 9.62 Å². The predicted octanol–water partition coefficient (Wildman–Crippen LogP) is 2.70. The van der Waals surface area contributed by atoms with Crippen LogP contribution < -0.4 is 10.2 Å². The predicted molar refractivity (Wildman–Crippen MR) is 118 cm³/mol. The molecule has 1 fully saturated rings. The molecule has 0 saturated carbocycles. The molecule has 2 amide bonds. The summed E-state index contributed by atoms with van der Waals surface area (Å²) < 4.78 is 27.0. The minimum absolute atomic E-state index is 0.00157. The second-order valence-electron chi connectivity index (χ2n) is 8.06. The van der Waals surface area contributed by atoms with Gasteiger partial charge in [0, 0.05) is 44.4 Å². The molecule has 0 aliphatic carbocycles. The van der Waals surface area contributed by atoms with Gasteiger partial charge in [-0.25, -0.2) is 8.42 Å². The first kappa shape index (κ1) is 21.5. The highest BCUT2D eigenvalue weighted by Gasteiger charge is 2.26. The number of piperidine rings is 1. The third kappa shape index (κ3) is 4.50. The number of rotatable bonds is 5. The zero-order valence-corrected chi connectivity index (χ0v) is 18.5. The van der Waals surface area contributed by atoms with Gasteiger partial charge in [-0.2, -0.15) is 4.31 Å². The van der Waals surface area contributed by atoms with Gasteiger partial charge in [0.1, 0.15) is 0 Å². The van der Waals surface area contributed by atoms with Crippen LogP contribution in [0.25, 0.3) is 0 Å². The van der Waals surface area contributed by atoms with Crippen molar-refractivity contribution < 1.29 is 18.0 Å². The Morgan fingerprint density at radius 1 is 0.968 bits per heavy atom. The summed E-state index contributed by atoms with van der Waals surface area (Å²) in [4.78, 5) is 26.2. The quantitative estimate of drug-likeness (QED) is 0.773. The van der Waals surface area contributed by atoms with Crippen molar-refractivity contribution in [2.75, 3.05) is 24.5 Å². The minimum Gasteiger partial charge on any atom is -0.348 e. The summed E-state index contributed by atoms with van der Waals surface area (Å²) in [6, 6.07) is 12.1. The van der Waals surface area contributed by atoms with Crippen LogP contribution in [0.5, 0.6) is 0 Å². The lowest BCUT2D eigenvalue weighted by molar-refractivity contribution is -0.116. The Kier molecular flexibility index (Phi) is 6.11. The lowest BCUT2D eigenvalue weighted by Gasteiger charge is -2.25. The molecule has 8 heteroatoms. The van der Waals surface area contributed by atoms with Gasteiger partial charge in [0.25, 0.3) is 5.91 Å². The summed E-state index contributed by atoms with van der Waals surface area (Å²) in [5.41, 5.74) is 3.24. The monoisotopic (exact) mass is 441 g/mol. The van der Waals surface area contributed by atoms with Gasteiger partial charge in [-0.15, -0.1) is 0 Å². The number of carbonyl (C=O) groups excluding carboxylic acids is 2. The fraction of sp³-hybridized carbons (Fsp3) is 0.391. The number of fused-ring (bicyclic) bond motifs is 1. The lowest BCUT2D eigenvalue weighted by atomic mass is 10.1. The molecule has 0 aromatic heterocycles. The first-order valence-corrected chi connectivity index (χ1v) is 12.1. The average molecular weight is 442 g/mol. The van der Waals surface area contributed by atoms with E-state index >= 15 is 0 Å². The normalized spacial score (nSPS) is 16.7. The fourth-order valence-electron chi connectivity index (χ4n) is 4.19. The molecule has 2 heterocycles. The largest absolute Gasteiger partial charge is 0.348 e. The minimum atomic E-state index is -3.45. The van der Waals surface area contributed by atoms with E-state index in [9.17, 15) is 18.0 Å². The number of sulfonamides is 1. The molecule has 164 valence electrons. The van der Waals surface area contributed by atoms with Gasteiger partial charge in [-0.1, -0.05) is 18.6 Å². The zero-order chi connectivity index (χ0) is 22.0. The van der Waals surface area contributed by atoms with Gasteiger partial charge in [-0.3, -0.25) is 9.59 Å². The van der Waals surface area contributed by atoms with E-state index in [1.807, 2.05) is 12.1 Å². The maximum absolute atomic E-state index is 12.7. The Morgan fingerprint density at radius 2 is 1.68 bits per heavy atom. The molecule has 2 aliphatic heterocycles. The lowest BCUT2D eigenvalue weighted by Crippen LogP contribution is -2.35. The number of carbonyl (C=O) groups is 2. The van der Waals surface area contributed by atoms with E-state index in [2.05, 4.69) is 5.32 Å². The van der Waals surface area contributed by atoms with Crippen molar-refractivity contribution in [3.05, 3.63) is 59.2 Å². The van der Waals surface area contributed by atoms with E-state index < -0.39 is 10.0 Å². The maximum Gasteiger partial charge on any atom is 0.251 e. The molecule has 0 atom stereocenters. The summed E-state index contributed by atoms with van der Waals surface area (Å²) in [5, 5.41) is 2.88. The molecule has 1 saturated heterocycles. The smallest absolute Gasteiger partial charge is 0.251 e. The third-order valence-electron chi connectivity index (χ3n) is 5.95. The number of nitrogens with zero attached hydrogens (tertiary/aromatic N) is 2. The van der Waals surface area contributed by atoms with E-state index in [0.29, 0.717) is 31.7 Å². The second-order valence-corrected chi connectivity index (χ2v) is 9.99. The number of amides is 2. The molecule has 2 aromatic carbocycles. The van der Waals surface area contributed by atoms with Gasteiger partial charge in [0.15, 0.2) is 0 Å². The van der Waals surface area contributed by atoms with Gasteiger partial charge in [-0.05, 0) is 60.7 Å². The number of hydrogen-bond donors (Lipinski definition) is 1. The summed E-state index contributed by atoms with van der Waals surface area (Å²) in [7, 11) is -3.45. The van der Waals surface area contributed by atoms with E-state index in [1.54, 1.807) is 46.5 Å². The fourth-order valence-corrected chi connectivity index (χ4v) is 5.71. The number of anilines is 1. The number of hydrogen-bond acceptors (Lipinski definition) is 4. The van der Waals surface area contributed by atoms with Crippen LogP contribution in [0.3, 0.4) is 0 Å². The molecule has 0 spiro atoms. The van der Waals surface area contributed by atoms with E-state index in [4.69, 9.17) is 0 Å². The van der Waals surface area contributed by atoms with Crippen LogP contribution in [0.1, 0.15) is 47.7 Å². The van der Waals surface area contributed by atoms with Crippen molar-refractivity contribution in [2.24, 2.45) is 0 Å². The van der Waals surface area contributed by atoms with Crippen LogP contribution in [0.4, 0.5) is 5.69 Å². The molecule has 2 aliphatic rings. The molecule has 0 unspecified atom stereocenters. The molecule has 2 aromatic rings. The maximum atomic E-state index is 12.7. The van der Waals surface area contributed by atoms with E-state index in [0.717, 1.165) is 42.5 Å². The van der Waals surface area contributed by atoms with Crippen molar-refractivity contribution >= 4 is 27.5 Å². The SMILES string of the molecule is CC(=O)N1CCc2cc(C(=O)NCc3ccc(S(=O)(=O)N4CCCCC4)cc3)ccc21. The van der Waals surface area contributed by atoms with Crippen molar-refractivity contribution in [3.8, 4) is 0 Å². The number of benzene rings is 2. The third-order valence-corrected chi connectivity index (χ3v) is 7.86.